The van der Waals surface area contributed by atoms with E-state index in [4.69, 9.17) is 9.57 Å². The van der Waals surface area contributed by atoms with Crippen LogP contribution >= 0.6 is 0 Å². The van der Waals surface area contributed by atoms with Crippen molar-refractivity contribution in [2.24, 2.45) is 0 Å². The molecule has 0 saturated carbocycles. The van der Waals surface area contributed by atoms with Crippen molar-refractivity contribution >= 4 is 12.0 Å². The molecule has 6 heteroatoms. The third-order valence-corrected chi connectivity index (χ3v) is 2.26. The molecule has 104 valence electrons. The molecule has 6 nitrogen and oxygen atoms in total. The molecule has 2 N–H and O–H groups in total. The van der Waals surface area contributed by atoms with Crippen LogP contribution in [0.1, 0.15) is 19.4 Å². The van der Waals surface area contributed by atoms with E-state index in [0.717, 1.165) is 5.56 Å². The van der Waals surface area contributed by atoms with Crippen molar-refractivity contribution in [3.8, 4) is 0 Å². The standard InChI is InChI=1S/C13H18N2O4/c1-3-19-15-12(16)10(2)14-13(17)18-9-11-7-5-4-6-8-11/h4-8,10H,3,9H2,1-2H3,(H,14,17)(H,15,16)/t10-/m1/s1. The molecular formula is C13H18N2O4. The summed E-state index contributed by atoms with van der Waals surface area (Å²) in [7, 11) is 0. The van der Waals surface area contributed by atoms with Gasteiger partial charge in [-0.1, -0.05) is 30.3 Å². The van der Waals surface area contributed by atoms with E-state index in [1.807, 2.05) is 30.3 Å². The van der Waals surface area contributed by atoms with Crippen molar-refractivity contribution < 1.29 is 19.2 Å². The zero-order chi connectivity index (χ0) is 14.1. The van der Waals surface area contributed by atoms with Crippen LogP contribution < -0.4 is 10.8 Å². The summed E-state index contributed by atoms with van der Waals surface area (Å²) >= 11 is 0. The predicted octanol–water partition coefficient (Wildman–Crippen LogP) is 1.37. The van der Waals surface area contributed by atoms with Crippen LogP contribution in [-0.4, -0.2) is 24.6 Å². The van der Waals surface area contributed by atoms with Gasteiger partial charge in [0.25, 0.3) is 5.91 Å². The van der Waals surface area contributed by atoms with Gasteiger partial charge in [0.1, 0.15) is 12.6 Å². The molecule has 1 aromatic rings. The van der Waals surface area contributed by atoms with Gasteiger partial charge in [-0.3, -0.25) is 9.63 Å². The number of benzene rings is 1. The van der Waals surface area contributed by atoms with Crippen LogP contribution in [0.25, 0.3) is 0 Å². The van der Waals surface area contributed by atoms with E-state index in [1.54, 1.807) is 6.92 Å². The SMILES string of the molecule is CCONC(=O)[C@@H](C)NC(=O)OCc1ccccc1. The van der Waals surface area contributed by atoms with Gasteiger partial charge in [0, 0.05) is 0 Å². The molecule has 0 spiro atoms. The van der Waals surface area contributed by atoms with Crippen LogP contribution in [0.3, 0.4) is 0 Å². The molecule has 1 rings (SSSR count). The highest BCUT2D eigenvalue weighted by atomic mass is 16.6. The first kappa shape index (κ1) is 15.0. The second-order valence-electron chi connectivity index (χ2n) is 3.83. The lowest BCUT2D eigenvalue weighted by atomic mass is 10.2. The summed E-state index contributed by atoms with van der Waals surface area (Å²) in [6, 6.07) is 8.55. The van der Waals surface area contributed by atoms with Crippen molar-refractivity contribution in [3.63, 3.8) is 0 Å². The van der Waals surface area contributed by atoms with Gasteiger partial charge in [0.15, 0.2) is 0 Å². The highest BCUT2D eigenvalue weighted by Gasteiger charge is 2.16. The minimum Gasteiger partial charge on any atom is -0.445 e. The van der Waals surface area contributed by atoms with Gasteiger partial charge in [0.2, 0.25) is 0 Å². The predicted molar refractivity (Wildman–Crippen MR) is 69.0 cm³/mol. The fourth-order valence-electron chi connectivity index (χ4n) is 1.24. The van der Waals surface area contributed by atoms with Crippen LogP contribution in [-0.2, 0) is 21.0 Å². The molecule has 1 aromatic carbocycles. The molecule has 0 heterocycles. The maximum Gasteiger partial charge on any atom is 0.408 e. The second-order valence-corrected chi connectivity index (χ2v) is 3.83. The van der Waals surface area contributed by atoms with E-state index in [-0.39, 0.29) is 6.61 Å². The monoisotopic (exact) mass is 266 g/mol. The first-order valence-electron chi connectivity index (χ1n) is 6.02. The van der Waals surface area contributed by atoms with E-state index >= 15 is 0 Å². The first-order chi connectivity index (χ1) is 9.13. The van der Waals surface area contributed by atoms with E-state index in [1.165, 1.54) is 6.92 Å². The number of carbonyl (C=O) groups excluding carboxylic acids is 2. The highest BCUT2D eigenvalue weighted by Crippen LogP contribution is 2.00. The smallest absolute Gasteiger partial charge is 0.408 e. The Labute approximate surface area is 112 Å². The number of alkyl carbamates (subject to hydrolysis) is 1. The molecule has 0 aromatic heterocycles. The topological polar surface area (TPSA) is 76.7 Å². The number of hydrogen-bond acceptors (Lipinski definition) is 4. The Morgan fingerprint density at radius 3 is 2.58 bits per heavy atom. The summed E-state index contributed by atoms with van der Waals surface area (Å²) in [5, 5.41) is 2.41. The van der Waals surface area contributed by atoms with E-state index in [2.05, 4.69) is 10.8 Å². The van der Waals surface area contributed by atoms with Gasteiger partial charge in [0.05, 0.1) is 6.61 Å². The Morgan fingerprint density at radius 2 is 1.95 bits per heavy atom. The van der Waals surface area contributed by atoms with Crippen molar-refractivity contribution in [2.75, 3.05) is 6.61 Å². The Hall–Kier alpha value is -2.08. The van der Waals surface area contributed by atoms with Crippen LogP contribution in [0.4, 0.5) is 4.79 Å². The molecule has 0 aliphatic carbocycles. The average Bonchev–Trinajstić information content (AvgIpc) is 2.43. The normalized spacial score (nSPS) is 11.5. The number of rotatable bonds is 6. The fourth-order valence-corrected chi connectivity index (χ4v) is 1.24. The zero-order valence-corrected chi connectivity index (χ0v) is 11.0. The molecule has 0 radical (unpaired) electrons. The van der Waals surface area contributed by atoms with Crippen molar-refractivity contribution in [1.82, 2.24) is 10.8 Å². The first-order valence-corrected chi connectivity index (χ1v) is 6.02. The summed E-state index contributed by atoms with van der Waals surface area (Å²) in [4.78, 5) is 27.6. The fraction of sp³-hybridized carbons (Fsp3) is 0.385. The van der Waals surface area contributed by atoms with Crippen molar-refractivity contribution in [1.29, 1.82) is 0 Å². The molecule has 0 aliphatic rings. The lowest BCUT2D eigenvalue weighted by Crippen LogP contribution is -2.44. The van der Waals surface area contributed by atoms with Crippen LogP contribution in [0, 0.1) is 0 Å². The average molecular weight is 266 g/mol. The summed E-state index contributed by atoms with van der Waals surface area (Å²) in [5.74, 6) is -0.432. The summed E-state index contributed by atoms with van der Waals surface area (Å²) in [5.41, 5.74) is 3.08. The molecule has 0 unspecified atom stereocenters. The van der Waals surface area contributed by atoms with Crippen molar-refractivity contribution in [3.05, 3.63) is 35.9 Å². The van der Waals surface area contributed by atoms with Crippen molar-refractivity contribution in [2.45, 2.75) is 26.5 Å². The minimum absolute atomic E-state index is 0.159. The van der Waals surface area contributed by atoms with Gasteiger partial charge in [-0.2, -0.15) is 0 Å². The molecule has 0 bridgehead atoms. The van der Waals surface area contributed by atoms with E-state index in [0.29, 0.717) is 6.61 Å². The van der Waals surface area contributed by atoms with Crippen LogP contribution in [0.5, 0.6) is 0 Å². The second kappa shape index (κ2) is 8.10. The molecule has 0 fully saturated rings. The quantitative estimate of drug-likeness (QED) is 0.762. The van der Waals surface area contributed by atoms with Gasteiger partial charge in [-0.25, -0.2) is 10.3 Å². The maximum atomic E-state index is 11.5. The van der Waals surface area contributed by atoms with E-state index in [9.17, 15) is 9.59 Å². The number of carbonyl (C=O) groups is 2. The summed E-state index contributed by atoms with van der Waals surface area (Å²) in [6.45, 7) is 3.80. The zero-order valence-electron chi connectivity index (χ0n) is 11.0. The third kappa shape index (κ3) is 5.87. The number of amides is 2. The molecule has 0 saturated heterocycles. The number of hydrogen-bond donors (Lipinski definition) is 2. The lowest BCUT2D eigenvalue weighted by molar-refractivity contribution is -0.134. The van der Waals surface area contributed by atoms with Gasteiger partial charge in [-0.05, 0) is 19.4 Å². The van der Waals surface area contributed by atoms with Gasteiger partial charge < -0.3 is 10.1 Å². The molecule has 19 heavy (non-hydrogen) atoms. The number of ether oxygens (including phenoxy) is 1. The maximum absolute atomic E-state index is 11.5. The van der Waals surface area contributed by atoms with Crippen LogP contribution in [0.15, 0.2) is 30.3 Å². The summed E-state index contributed by atoms with van der Waals surface area (Å²) in [6.07, 6.45) is -0.650. The minimum atomic E-state index is -0.727. The van der Waals surface area contributed by atoms with Gasteiger partial charge in [-0.15, -0.1) is 0 Å². The number of hydroxylamine groups is 1. The Balaban J connectivity index is 2.29. The van der Waals surface area contributed by atoms with Gasteiger partial charge >= 0.3 is 6.09 Å². The molecular weight excluding hydrogens is 248 g/mol. The Morgan fingerprint density at radius 1 is 1.26 bits per heavy atom. The lowest BCUT2D eigenvalue weighted by Gasteiger charge is -2.13. The van der Waals surface area contributed by atoms with E-state index < -0.39 is 18.0 Å². The Kier molecular flexibility index (Phi) is 6.38. The molecule has 2 amide bonds. The highest BCUT2D eigenvalue weighted by molar-refractivity contribution is 5.84. The Bertz CT molecular complexity index is 408. The summed E-state index contributed by atoms with van der Waals surface area (Å²) < 4.78 is 4.98. The number of nitrogens with one attached hydrogen (secondary N) is 2. The third-order valence-electron chi connectivity index (χ3n) is 2.26. The van der Waals surface area contributed by atoms with Crippen LogP contribution in [0.2, 0.25) is 0 Å². The molecule has 0 aliphatic heterocycles. The molecule has 1 atom stereocenters. The largest absolute Gasteiger partial charge is 0.445 e.